The van der Waals surface area contributed by atoms with E-state index in [1.54, 1.807) is 6.07 Å². The Kier molecular flexibility index (Phi) is 3.67. The van der Waals surface area contributed by atoms with Crippen LogP contribution >= 0.6 is 0 Å². The maximum Gasteiger partial charge on any atom is 0.130 e. The number of nitrogens with two attached hydrogens (primary N) is 1. The first-order valence-electron chi connectivity index (χ1n) is 6.38. The molecule has 1 aromatic rings. The van der Waals surface area contributed by atoms with Crippen LogP contribution in [0.3, 0.4) is 0 Å². The van der Waals surface area contributed by atoms with Crippen LogP contribution in [0.2, 0.25) is 0 Å². The normalized spacial score (nSPS) is 22.6. The van der Waals surface area contributed by atoms with E-state index >= 15 is 0 Å². The molecule has 2 N–H and O–H groups in total. The first-order chi connectivity index (χ1) is 8.09. The van der Waals surface area contributed by atoms with Crippen molar-refractivity contribution < 1.29 is 4.39 Å². The van der Waals surface area contributed by atoms with Crippen molar-refractivity contribution in [3.05, 3.63) is 29.6 Å². The maximum absolute atomic E-state index is 13.8. The molecule has 94 valence electrons. The van der Waals surface area contributed by atoms with Crippen LogP contribution in [0.25, 0.3) is 0 Å². The van der Waals surface area contributed by atoms with Gasteiger partial charge in [-0.05, 0) is 37.8 Å². The summed E-state index contributed by atoms with van der Waals surface area (Å²) >= 11 is 0. The molecule has 0 aromatic heterocycles. The second kappa shape index (κ2) is 5.05. The van der Waals surface area contributed by atoms with Crippen LogP contribution in [0.15, 0.2) is 18.2 Å². The van der Waals surface area contributed by atoms with Gasteiger partial charge in [0.2, 0.25) is 0 Å². The van der Waals surface area contributed by atoms with Gasteiger partial charge < -0.3 is 10.6 Å². The molecule has 1 heterocycles. The molecule has 1 aliphatic rings. The lowest BCUT2D eigenvalue weighted by Gasteiger charge is -2.34. The minimum Gasteiger partial charge on any atom is -0.371 e. The summed E-state index contributed by atoms with van der Waals surface area (Å²) in [6.07, 6.45) is 2.44. The SMILES string of the molecule is CC1CCCN(c2cccc(F)c2[C@@H](C)N)C1. The summed E-state index contributed by atoms with van der Waals surface area (Å²) in [5.74, 6) is 0.490. The highest BCUT2D eigenvalue weighted by atomic mass is 19.1. The molecule has 1 unspecified atom stereocenters. The quantitative estimate of drug-likeness (QED) is 0.855. The lowest BCUT2D eigenvalue weighted by Crippen LogP contribution is -2.35. The van der Waals surface area contributed by atoms with Gasteiger partial charge in [-0.15, -0.1) is 0 Å². The highest BCUT2D eigenvalue weighted by Crippen LogP contribution is 2.30. The smallest absolute Gasteiger partial charge is 0.130 e. The summed E-state index contributed by atoms with van der Waals surface area (Å²) < 4.78 is 13.8. The van der Waals surface area contributed by atoms with E-state index in [9.17, 15) is 4.39 Å². The summed E-state index contributed by atoms with van der Waals surface area (Å²) in [4.78, 5) is 2.27. The van der Waals surface area contributed by atoms with Crippen molar-refractivity contribution in [1.29, 1.82) is 0 Å². The summed E-state index contributed by atoms with van der Waals surface area (Å²) in [7, 11) is 0. The lowest BCUT2D eigenvalue weighted by molar-refractivity contribution is 0.444. The van der Waals surface area contributed by atoms with E-state index in [2.05, 4.69) is 11.8 Å². The second-order valence-corrected chi connectivity index (χ2v) is 5.15. The van der Waals surface area contributed by atoms with Crippen LogP contribution in [0.4, 0.5) is 10.1 Å². The van der Waals surface area contributed by atoms with E-state index in [1.807, 2.05) is 13.0 Å². The van der Waals surface area contributed by atoms with Crippen LogP contribution in [0, 0.1) is 11.7 Å². The molecule has 0 amide bonds. The number of anilines is 1. The number of piperidine rings is 1. The van der Waals surface area contributed by atoms with Crippen molar-refractivity contribution in [2.45, 2.75) is 32.7 Å². The fourth-order valence-corrected chi connectivity index (χ4v) is 2.66. The Morgan fingerprint density at radius 2 is 2.24 bits per heavy atom. The molecule has 1 aliphatic heterocycles. The van der Waals surface area contributed by atoms with Gasteiger partial charge in [-0.2, -0.15) is 0 Å². The lowest BCUT2D eigenvalue weighted by atomic mass is 9.97. The number of rotatable bonds is 2. The predicted octanol–water partition coefficient (Wildman–Crippen LogP) is 3.08. The van der Waals surface area contributed by atoms with Crippen molar-refractivity contribution in [1.82, 2.24) is 0 Å². The molecule has 1 fully saturated rings. The Labute approximate surface area is 103 Å². The third kappa shape index (κ3) is 2.60. The molecule has 3 heteroatoms. The number of hydrogen-bond donors (Lipinski definition) is 1. The van der Waals surface area contributed by atoms with E-state index in [0.29, 0.717) is 11.5 Å². The van der Waals surface area contributed by atoms with E-state index < -0.39 is 0 Å². The summed E-state index contributed by atoms with van der Waals surface area (Å²) in [6, 6.07) is 4.99. The standard InChI is InChI=1S/C14H21FN2/c1-10-5-4-8-17(9-10)13-7-3-6-12(15)14(13)11(2)16/h3,6-7,10-11H,4-5,8-9,16H2,1-2H3/t10?,11-/m1/s1. The summed E-state index contributed by atoms with van der Waals surface area (Å²) in [5.41, 5.74) is 7.52. The van der Waals surface area contributed by atoms with Crippen molar-refractivity contribution in [3.8, 4) is 0 Å². The Bertz CT molecular complexity index is 390. The van der Waals surface area contributed by atoms with Crippen LogP contribution in [-0.2, 0) is 0 Å². The van der Waals surface area contributed by atoms with E-state index in [0.717, 1.165) is 18.8 Å². The molecule has 2 nitrogen and oxygen atoms in total. The van der Waals surface area contributed by atoms with Crippen LogP contribution in [0.1, 0.15) is 38.3 Å². The summed E-state index contributed by atoms with van der Waals surface area (Å²) in [6.45, 7) is 6.10. The molecule has 1 saturated heterocycles. The molecule has 0 radical (unpaired) electrons. The molecule has 2 rings (SSSR count). The average molecular weight is 236 g/mol. The van der Waals surface area contributed by atoms with Gasteiger partial charge in [-0.1, -0.05) is 13.0 Å². The molecule has 0 aliphatic carbocycles. The molecule has 2 atom stereocenters. The zero-order valence-electron chi connectivity index (χ0n) is 10.6. The molecule has 0 spiro atoms. The van der Waals surface area contributed by atoms with Crippen LogP contribution in [-0.4, -0.2) is 13.1 Å². The highest BCUT2D eigenvalue weighted by molar-refractivity contribution is 5.55. The minimum atomic E-state index is -0.261. The average Bonchev–Trinajstić information content (AvgIpc) is 2.28. The topological polar surface area (TPSA) is 29.3 Å². The second-order valence-electron chi connectivity index (χ2n) is 5.15. The minimum absolute atomic E-state index is 0.185. The molecule has 1 aromatic carbocycles. The zero-order valence-corrected chi connectivity index (χ0v) is 10.6. The van der Waals surface area contributed by atoms with Gasteiger partial charge in [0.15, 0.2) is 0 Å². The third-order valence-corrected chi connectivity index (χ3v) is 3.48. The van der Waals surface area contributed by atoms with Gasteiger partial charge in [-0.25, -0.2) is 4.39 Å². The Morgan fingerprint density at radius 1 is 1.47 bits per heavy atom. The Balaban J connectivity index is 2.34. The van der Waals surface area contributed by atoms with Gasteiger partial charge >= 0.3 is 0 Å². The van der Waals surface area contributed by atoms with Crippen LogP contribution in [0.5, 0.6) is 0 Å². The van der Waals surface area contributed by atoms with Crippen molar-refractivity contribution in [2.24, 2.45) is 11.7 Å². The number of halogens is 1. The van der Waals surface area contributed by atoms with Gasteiger partial charge in [0.1, 0.15) is 5.82 Å². The first kappa shape index (κ1) is 12.4. The number of nitrogens with zero attached hydrogens (tertiary/aromatic N) is 1. The van der Waals surface area contributed by atoms with E-state index in [1.165, 1.54) is 18.9 Å². The fraction of sp³-hybridized carbons (Fsp3) is 0.571. The predicted molar refractivity (Wildman–Crippen MR) is 69.6 cm³/mol. The summed E-state index contributed by atoms with van der Waals surface area (Å²) in [5, 5.41) is 0. The third-order valence-electron chi connectivity index (χ3n) is 3.48. The van der Waals surface area contributed by atoms with E-state index in [4.69, 9.17) is 5.73 Å². The monoisotopic (exact) mass is 236 g/mol. The molecule has 17 heavy (non-hydrogen) atoms. The molecule has 0 saturated carbocycles. The maximum atomic E-state index is 13.8. The van der Waals surface area contributed by atoms with Crippen molar-refractivity contribution in [3.63, 3.8) is 0 Å². The first-order valence-corrected chi connectivity index (χ1v) is 6.38. The van der Waals surface area contributed by atoms with Crippen LogP contribution < -0.4 is 10.6 Å². The molecular weight excluding hydrogens is 215 g/mol. The van der Waals surface area contributed by atoms with Gasteiger partial charge in [0.05, 0.1) is 0 Å². The Morgan fingerprint density at radius 3 is 2.88 bits per heavy atom. The van der Waals surface area contributed by atoms with Gasteiger partial charge in [0, 0.05) is 30.4 Å². The van der Waals surface area contributed by atoms with Gasteiger partial charge in [0.25, 0.3) is 0 Å². The largest absolute Gasteiger partial charge is 0.371 e. The molecule has 0 bridgehead atoms. The zero-order chi connectivity index (χ0) is 12.4. The fourth-order valence-electron chi connectivity index (χ4n) is 2.66. The van der Waals surface area contributed by atoms with E-state index in [-0.39, 0.29) is 11.9 Å². The number of hydrogen-bond acceptors (Lipinski definition) is 2. The number of benzene rings is 1. The molecular formula is C14H21FN2. The highest BCUT2D eigenvalue weighted by Gasteiger charge is 2.21. The van der Waals surface area contributed by atoms with Crippen molar-refractivity contribution in [2.75, 3.05) is 18.0 Å². The Hall–Kier alpha value is -1.09. The van der Waals surface area contributed by atoms with Crippen molar-refractivity contribution >= 4 is 5.69 Å². The van der Waals surface area contributed by atoms with Gasteiger partial charge in [-0.3, -0.25) is 0 Å².